The Morgan fingerprint density at radius 2 is 1.20 bits per heavy atom. The summed E-state index contributed by atoms with van der Waals surface area (Å²) < 4.78 is 45.9. The number of nitrogens with zero attached hydrogens (tertiary/aromatic N) is 2. The van der Waals surface area contributed by atoms with Crippen LogP contribution >= 0.6 is 0 Å². The number of carbonyl (C=O) groups excluding carboxylic acids is 1. The van der Waals surface area contributed by atoms with Gasteiger partial charge >= 0.3 is 6.03 Å². The van der Waals surface area contributed by atoms with Crippen molar-refractivity contribution in [1.82, 2.24) is 9.80 Å². The predicted octanol–water partition coefficient (Wildman–Crippen LogP) is -0.656. The van der Waals surface area contributed by atoms with Gasteiger partial charge in [0.1, 0.15) is 0 Å². The van der Waals surface area contributed by atoms with E-state index in [9.17, 15) is 21.6 Å². The molecule has 0 aromatic rings. The van der Waals surface area contributed by atoms with Gasteiger partial charge in [-0.2, -0.15) is 0 Å². The van der Waals surface area contributed by atoms with Crippen molar-refractivity contribution in [3.63, 3.8) is 0 Å². The lowest BCUT2D eigenvalue weighted by atomic mass is 10.4. The van der Waals surface area contributed by atoms with E-state index >= 15 is 0 Å². The molecule has 0 radical (unpaired) electrons. The Bertz CT molecular complexity index is 546. The van der Waals surface area contributed by atoms with E-state index in [0.717, 1.165) is 0 Å². The van der Waals surface area contributed by atoms with E-state index in [-0.39, 0.29) is 19.1 Å². The second-order valence-electron chi connectivity index (χ2n) is 5.66. The summed E-state index contributed by atoms with van der Waals surface area (Å²) in [5.41, 5.74) is 0. The van der Waals surface area contributed by atoms with Gasteiger partial charge in [-0.3, -0.25) is 0 Å². The highest BCUT2D eigenvalue weighted by Gasteiger charge is 2.38. The fraction of sp³-hybridized carbons (Fsp3) is 0.909. The van der Waals surface area contributed by atoms with Gasteiger partial charge in [-0.15, -0.1) is 0 Å². The minimum atomic E-state index is -3.13. The summed E-state index contributed by atoms with van der Waals surface area (Å²) >= 11 is 0. The summed E-state index contributed by atoms with van der Waals surface area (Å²) in [6.45, 7) is 1.24. The van der Waals surface area contributed by atoms with Crippen molar-refractivity contribution in [2.24, 2.45) is 0 Å². The van der Waals surface area contributed by atoms with Crippen LogP contribution in [0.2, 0.25) is 0 Å². The molecular weight excluding hydrogens is 304 g/mol. The van der Waals surface area contributed by atoms with Crippen molar-refractivity contribution in [3.05, 3.63) is 0 Å². The van der Waals surface area contributed by atoms with Crippen molar-refractivity contribution < 1.29 is 21.6 Å². The molecule has 2 aliphatic heterocycles. The first-order chi connectivity index (χ1) is 9.09. The molecular formula is C11H20N2O5S2. The zero-order chi connectivity index (χ0) is 15.1. The third-order valence-corrected chi connectivity index (χ3v) is 7.23. The maximum Gasteiger partial charge on any atom is 0.320 e. The molecule has 7 nitrogen and oxygen atoms in total. The molecule has 2 rings (SSSR count). The normalized spacial score (nSPS) is 28.1. The van der Waals surface area contributed by atoms with Gasteiger partial charge in [0.15, 0.2) is 19.7 Å². The molecule has 2 unspecified atom stereocenters. The molecule has 2 saturated heterocycles. The Labute approximate surface area is 119 Å². The van der Waals surface area contributed by atoms with E-state index in [1.54, 1.807) is 0 Å². The molecule has 2 aliphatic rings. The highest BCUT2D eigenvalue weighted by molar-refractivity contribution is 7.91. The van der Waals surface area contributed by atoms with Crippen molar-refractivity contribution in [2.45, 2.75) is 23.3 Å². The zero-order valence-corrected chi connectivity index (χ0v) is 13.3. The Kier molecular flexibility index (Phi) is 4.03. The molecule has 0 saturated carbocycles. The third-order valence-electron chi connectivity index (χ3n) is 4.04. The van der Waals surface area contributed by atoms with Crippen LogP contribution in [-0.2, 0) is 19.7 Å². The molecule has 0 N–H and O–H groups in total. The second kappa shape index (κ2) is 5.18. The predicted molar refractivity (Wildman–Crippen MR) is 75.0 cm³/mol. The van der Waals surface area contributed by atoms with E-state index in [1.165, 1.54) is 22.3 Å². The largest absolute Gasteiger partial charge is 0.323 e. The molecule has 2 atom stereocenters. The van der Waals surface area contributed by atoms with Gasteiger partial charge in [-0.05, 0) is 12.8 Å². The summed E-state index contributed by atoms with van der Waals surface area (Å²) in [6, 6.07) is -0.248. The smallest absolute Gasteiger partial charge is 0.320 e. The highest BCUT2D eigenvalue weighted by Crippen LogP contribution is 2.22. The molecule has 2 amide bonds. The average Bonchev–Trinajstić information content (AvgIpc) is 2.96. The number of hydrogen-bond acceptors (Lipinski definition) is 5. The lowest BCUT2D eigenvalue weighted by molar-refractivity contribution is 0.173. The van der Waals surface area contributed by atoms with E-state index in [1.807, 2.05) is 0 Å². The van der Waals surface area contributed by atoms with Gasteiger partial charge in [-0.25, -0.2) is 21.6 Å². The van der Waals surface area contributed by atoms with Crippen molar-refractivity contribution >= 4 is 25.7 Å². The maximum atomic E-state index is 12.3. The monoisotopic (exact) mass is 324 g/mol. The number of likely N-dealkylation sites (tertiary alicyclic amines) is 2. The molecule has 116 valence electrons. The summed E-state index contributed by atoms with van der Waals surface area (Å²) in [5.74, 6) is 0. The number of amides is 2. The van der Waals surface area contributed by atoms with Crippen LogP contribution in [-0.4, -0.2) is 81.9 Å². The molecule has 0 aromatic carbocycles. The highest BCUT2D eigenvalue weighted by atomic mass is 32.2. The summed E-state index contributed by atoms with van der Waals surface area (Å²) in [7, 11) is -6.27. The van der Waals surface area contributed by atoms with Crippen LogP contribution in [0.1, 0.15) is 12.8 Å². The number of carbonyl (C=O) groups is 1. The Morgan fingerprint density at radius 1 is 0.850 bits per heavy atom. The minimum Gasteiger partial charge on any atom is -0.323 e. The first-order valence-electron chi connectivity index (χ1n) is 6.50. The molecule has 2 fully saturated rings. The van der Waals surface area contributed by atoms with E-state index in [2.05, 4.69) is 0 Å². The van der Waals surface area contributed by atoms with E-state index in [0.29, 0.717) is 25.9 Å². The second-order valence-corrected chi connectivity index (χ2v) is 10.3. The zero-order valence-electron chi connectivity index (χ0n) is 11.6. The first-order valence-corrected chi connectivity index (χ1v) is 10.4. The summed E-state index contributed by atoms with van der Waals surface area (Å²) in [5, 5.41) is -1.00. The van der Waals surface area contributed by atoms with Gasteiger partial charge in [0.05, 0.1) is 10.5 Å². The molecule has 0 aliphatic carbocycles. The molecule has 9 heteroatoms. The fourth-order valence-electron chi connectivity index (χ4n) is 2.70. The van der Waals surface area contributed by atoms with Gasteiger partial charge < -0.3 is 9.80 Å². The van der Waals surface area contributed by atoms with Crippen molar-refractivity contribution in [3.8, 4) is 0 Å². The molecule has 20 heavy (non-hydrogen) atoms. The van der Waals surface area contributed by atoms with Crippen LogP contribution in [0.3, 0.4) is 0 Å². The number of rotatable bonds is 2. The standard InChI is InChI=1S/C11H20N2O5S2/c1-19(15,16)9-3-5-12(7-9)11(14)13-6-4-10(8-13)20(2,17)18/h9-10H,3-8H2,1-2H3. The molecule has 0 spiro atoms. The maximum absolute atomic E-state index is 12.3. The fourth-order valence-corrected chi connectivity index (χ4v) is 4.67. The Balaban J connectivity index is 1.98. The van der Waals surface area contributed by atoms with Crippen molar-refractivity contribution in [1.29, 1.82) is 0 Å². The van der Waals surface area contributed by atoms with Crippen LogP contribution in [0, 0.1) is 0 Å². The molecule has 0 aromatic heterocycles. The molecule has 0 bridgehead atoms. The number of hydrogen-bond donors (Lipinski definition) is 0. The number of urea groups is 1. The first kappa shape index (κ1) is 15.6. The van der Waals surface area contributed by atoms with Crippen LogP contribution in [0.15, 0.2) is 0 Å². The van der Waals surface area contributed by atoms with Gasteiger partial charge in [-0.1, -0.05) is 0 Å². The third kappa shape index (κ3) is 3.25. The quantitative estimate of drug-likeness (QED) is 0.673. The minimum absolute atomic E-state index is 0.206. The number of sulfone groups is 2. The Morgan fingerprint density at radius 3 is 1.45 bits per heavy atom. The van der Waals surface area contributed by atoms with E-state index in [4.69, 9.17) is 0 Å². The Hall–Kier alpha value is -0.830. The van der Waals surface area contributed by atoms with Gasteiger partial charge in [0, 0.05) is 38.7 Å². The van der Waals surface area contributed by atoms with Gasteiger partial charge in [0.25, 0.3) is 0 Å². The van der Waals surface area contributed by atoms with E-state index < -0.39 is 30.2 Å². The van der Waals surface area contributed by atoms with Crippen molar-refractivity contribution in [2.75, 3.05) is 38.7 Å². The lowest BCUT2D eigenvalue weighted by Gasteiger charge is -2.24. The lowest BCUT2D eigenvalue weighted by Crippen LogP contribution is -2.42. The van der Waals surface area contributed by atoms with Crippen LogP contribution in [0.5, 0.6) is 0 Å². The SMILES string of the molecule is CS(=O)(=O)C1CCN(C(=O)N2CCC(S(C)(=O)=O)C2)C1. The average molecular weight is 324 g/mol. The van der Waals surface area contributed by atoms with Crippen LogP contribution in [0.4, 0.5) is 4.79 Å². The summed E-state index contributed by atoms with van der Waals surface area (Å²) in [6.07, 6.45) is 3.27. The summed E-state index contributed by atoms with van der Waals surface area (Å²) in [4.78, 5) is 15.3. The topological polar surface area (TPSA) is 91.8 Å². The van der Waals surface area contributed by atoms with Gasteiger partial charge in [0.2, 0.25) is 0 Å². The van der Waals surface area contributed by atoms with Crippen LogP contribution in [0.25, 0.3) is 0 Å². The molecule has 2 heterocycles. The van der Waals surface area contributed by atoms with Crippen LogP contribution < -0.4 is 0 Å².